The van der Waals surface area contributed by atoms with Gasteiger partial charge in [-0.05, 0) is 71.8 Å². The molecule has 0 aromatic heterocycles. The summed E-state index contributed by atoms with van der Waals surface area (Å²) in [5, 5.41) is 7.10. The summed E-state index contributed by atoms with van der Waals surface area (Å²) >= 11 is 0. The lowest BCUT2D eigenvalue weighted by molar-refractivity contribution is 0.0173. The minimum atomic E-state index is 0. The SMILES string of the molecule is CCCCOCCCNC(=NC)NCC1(N2CCCCC2)CCN(C)CC1.I. The van der Waals surface area contributed by atoms with Gasteiger partial charge in [0.05, 0.1) is 0 Å². The highest BCUT2D eigenvalue weighted by atomic mass is 127. The van der Waals surface area contributed by atoms with Crippen molar-refractivity contribution in [3.63, 3.8) is 0 Å². The van der Waals surface area contributed by atoms with Gasteiger partial charge in [0.25, 0.3) is 0 Å². The molecule has 0 atom stereocenters. The lowest BCUT2D eigenvalue weighted by Gasteiger charge is -2.50. The second kappa shape index (κ2) is 14.8. The van der Waals surface area contributed by atoms with E-state index in [2.05, 4.69) is 39.4 Å². The summed E-state index contributed by atoms with van der Waals surface area (Å²) in [6.07, 6.45) is 9.96. The van der Waals surface area contributed by atoms with Gasteiger partial charge in [0.2, 0.25) is 0 Å². The van der Waals surface area contributed by atoms with E-state index in [-0.39, 0.29) is 29.5 Å². The van der Waals surface area contributed by atoms with E-state index in [1.165, 1.54) is 64.7 Å². The quantitative estimate of drug-likeness (QED) is 0.205. The van der Waals surface area contributed by atoms with Crippen LogP contribution in [0.4, 0.5) is 0 Å². The zero-order chi connectivity index (χ0) is 19.4. The first-order chi connectivity index (χ1) is 13.2. The van der Waals surface area contributed by atoms with E-state index in [1.807, 2.05) is 7.05 Å². The van der Waals surface area contributed by atoms with Crippen LogP contribution in [0.15, 0.2) is 4.99 Å². The zero-order valence-corrected chi connectivity index (χ0v) is 20.8. The Morgan fingerprint density at radius 1 is 1.00 bits per heavy atom. The number of hydrogen-bond donors (Lipinski definition) is 2. The fraction of sp³-hybridized carbons (Fsp3) is 0.952. The standard InChI is InChI=1S/C21H43N5O.HI/c1-4-5-17-27-18-9-12-23-20(22-2)24-19-21(10-15-25(3)16-11-21)26-13-7-6-8-14-26;/h4-19H2,1-3H3,(H2,22,23,24);1H. The lowest BCUT2D eigenvalue weighted by Crippen LogP contribution is -2.62. The highest BCUT2D eigenvalue weighted by Gasteiger charge is 2.39. The summed E-state index contributed by atoms with van der Waals surface area (Å²) < 4.78 is 5.64. The summed E-state index contributed by atoms with van der Waals surface area (Å²) in [7, 11) is 4.12. The molecule has 0 aliphatic carbocycles. The molecule has 0 unspecified atom stereocenters. The first-order valence-corrected chi connectivity index (χ1v) is 11.2. The predicted octanol–water partition coefficient (Wildman–Crippen LogP) is 2.93. The average molecular weight is 510 g/mol. The third-order valence-electron chi connectivity index (χ3n) is 6.15. The molecule has 28 heavy (non-hydrogen) atoms. The van der Waals surface area contributed by atoms with Crippen molar-refractivity contribution in [3.8, 4) is 0 Å². The van der Waals surface area contributed by atoms with E-state index in [1.54, 1.807) is 0 Å². The van der Waals surface area contributed by atoms with Gasteiger partial charge in [0, 0.05) is 38.9 Å². The van der Waals surface area contributed by atoms with Crippen LogP contribution >= 0.6 is 24.0 Å². The van der Waals surface area contributed by atoms with Gasteiger partial charge in [0.15, 0.2) is 5.96 Å². The maximum Gasteiger partial charge on any atom is 0.191 e. The predicted molar refractivity (Wildman–Crippen MR) is 130 cm³/mol. The Morgan fingerprint density at radius 3 is 2.32 bits per heavy atom. The fourth-order valence-electron chi connectivity index (χ4n) is 4.21. The Hall–Kier alpha value is -0.120. The molecule has 2 saturated heterocycles. The number of aliphatic imine (C=N–C) groups is 1. The Labute approximate surface area is 190 Å². The summed E-state index contributed by atoms with van der Waals surface area (Å²) in [5.74, 6) is 0.930. The fourth-order valence-corrected chi connectivity index (χ4v) is 4.21. The van der Waals surface area contributed by atoms with Crippen LogP contribution in [0, 0.1) is 0 Å². The van der Waals surface area contributed by atoms with Crippen LogP contribution in [0.2, 0.25) is 0 Å². The second-order valence-electron chi connectivity index (χ2n) is 8.25. The van der Waals surface area contributed by atoms with E-state index in [0.29, 0.717) is 0 Å². The molecule has 2 aliphatic heterocycles. The van der Waals surface area contributed by atoms with Gasteiger partial charge in [-0.3, -0.25) is 9.89 Å². The molecule has 2 N–H and O–H groups in total. The van der Waals surface area contributed by atoms with E-state index in [9.17, 15) is 0 Å². The number of likely N-dealkylation sites (tertiary alicyclic amines) is 2. The van der Waals surface area contributed by atoms with E-state index >= 15 is 0 Å². The summed E-state index contributed by atoms with van der Waals surface area (Å²) in [6, 6.07) is 0. The van der Waals surface area contributed by atoms with Gasteiger partial charge in [-0.1, -0.05) is 19.8 Å². The minimum Gasteiger partial charge on any atom is -0.381 e. The molecule has 0 saturated carbocycles. The summed E-state index contributed by atoms with van der Waals surface area (Å²) in [5.41, 5.74) is 0.286. The van der Waals surface area contributed by atoms with Gasteiger partial charge in [-0.2, -0.15) is 0 Å². The van der Waals surface area contributed by atoms with Crippen LogP contribution in [0.5, 0.6) is 0 Å². The Kier molecular flexibility index (Phi) is 13.7. The summed E-state index contributed by atoms with van der Waals surface area (Å²) in [4.78, 5) is 9.67. The molecule has 2 aliphatic rings. The van der Waals surface area contributed by atoms with Crippen LogP contribution < -0.4 is 10.6 Å². The molecule has 166 valence electrons. The number of guanidine groups is 1. The molecule has 0 radical (unpaired) electrons. The number of unbranched alkanes of at least 4 members (excludes halogenated alkanes) is 1. The van der Waals surface area contributed by atoms with Gasteiger partial charge in [0.1, 0.15) is 0 Å². The molecular formula is C21H44IN5O. The van der Waals surface area contributed by atoms with Crippen molar-refractivity contribution in [2.24, 2.45) is 4.99 Å². The van der Waals surface area contributed by atoms with Gasteiger partial charge >= 0.3 is 0 Å². The van der Waals surface area contributed by atoms with E-state index in [4.69, 9.17) is 4.74 Å². The van der Waals surface area contributed by atoms with Crippen molar-refractivity contribution < 1.29 is 4.74 Å². The number of hydrogen-bond acceptors (Lipinski definition) is 4. The topological polar surface area (TPSA) is 52.1 Å². The molecule has 0 amide bonds. The minimum absolute atomic E-state index is 0. The molecule has 0 aromatic rings. The smallest absolute Gasteiger partial charge is 0.191 e. The van der Waals surface area contributed by atoms with Crippen molar-refractivity contribution in [1.82, 2.24) is 20.4 Å². The number of ether oxygens (including phenoxy) is 1. The Bertz CT molecular complexity index is 421. The van der Waals surface area contributed by atoms with Gasteiger partial charge in [-0.15, -0.1) is 24.0 Å². The molecule has 2 fully saturated rings. The number of nitrogens with zero attached hydrogens (tertiary/aromatic N) is 3. The first kappa shape index (κ1) is 25.9. The highest BCUT2D eigenvalue weighted by Crippen LogP contribution is 2.30. The Morgan fingerprint density at radius 2 is 1.68 bits per heavy atom. The molecule has 7 heteroatoms. The van der Waals surface area contributed by atoms with Crippen LogP contribution in [-0.4, -0.2) is 87.9 Å². The van der Waals surface area contributed by atoms with Crippen LogP contribution in [0.3, 0.4) is 0 Å². The third-order valence-corrected chi connectivity index (χ3v) is 6.15. The first-order valence-electron chi connectivity index (χ1n) is 11.2. The van der Waals surface area contributed by atoms with E-state index in [0.717, 1.165) is 45.1 Å². The van der Waals surface area contributed by atoms with Crippen LogP contribution in [-0.2, 0) is 4.74 Å². The molecule has 0 spiro atoms. The van der Waals surface area contributed by atoms with Crippen LogP contribution in [0.1, 0.15) is 58.3 Å². The molecular weight excluding hydrogens is 465 g/mol. The number of rotatable bonds is 10. The number of piperidine rings is 2. The van der Waals surface area contributed by atoms with Crippen molar-refractivity contribution in [2.75, 3.05) is 66.6 Å². The van der Waals surface area contributed by atoms with Gasteiger partial charge < -0.3 is 20.3 Å². The monoisotopic (exact) mass is 509 g/mol. The zero-order valence-electron chi connectivity index (χ0n) is 18.5. The third kappa shape index (κ3) is 8.71. The second-order valence-corrected chi connectivity index (χ2v) is 8.25. The number of nitrogens with one attached hydrogen (secondary N) is 2. The van der Waals surface area contributed by atoms with Crippen molar-refractivity contribution in [2.45, 2.75) is 63.8 Å². The van der Waals surface area contributed by atoms with Crippen molar-refractivity contribution in [3.05, 3.63) is 0 Å². The van der Waals surface area contributed by atoms with Gasteiger partial charge in [-0.25, -0.2) is 0 Å². The molecule has 0 aromatic carbocycles. The normalized spacial score (nSPS) is 21.2. The lowest BCUT2D eigenvalue weighted by atomic mass is 9.84. The Balaban J connectivity index is 0.00000392. The average Bonchev–Trinajstić information content (AvgIpc) is 2.71. The number of halogens is 1. The largest absolute Gasteiger partial charge is 0.381 e. The van der Waals surface area contributed by atoms with Crippen molar-refractivity contribution >= 4 is 29.9 Å². The molecule has 2 rings (SSSR count). The van der Waals surface area contributed by atoms with Crippen molar-refractivity contribution in [1.29, 1.82) is 0 Å². The molecule has 2 heterocycles. The van der Waals surface area contributed by atoms with E-state index < -0.39 is 0 Å². The molecule has 6 nitrogen and oxygen atoms in total. The van der Waals surface area contributed by atoms with Crippen LogP contribution in [0.25, 0.3) is 0 Å². The highest BCUT2D eigenvalue weighted by molar-refractivity contribution is 14.0. The maximum absolute atomic E-state index is 5.64. The maximum atomic E-state index is 5.64. The summed E-state index contributed by atoms with van der Waals surface area (Å²) in [6.45, 7) is 10.7. The molecule has 0 bridgehead atoms.